The molecule has 1 N–H and O–H groups in total. The molecule has 0 amide bonds. The second-order valence-electron chi connectivity index (χ2n) is 5.47. The quantitative estimate of drug-likeness (QED) is 0.856. The van der Waals surface area contributed by atoms with E-state index in [0.29, 0.717) is 30.8 Å². The summed E-state index contributed by atoms with van der Waals surface area (Å²) in [7, 11) is 1.60. The van der Waals surface area contributed by atoms with E-state index < -0.39 is 18.5 Å². The minimum Gasteiger partial charge on any atom is -0.497 e. The van der Waals surface area contributed by atoms with Gasteiger partial charge < -0.3 is 24.1 Å². The number of ether oxygens (including phenoxy) is 4. The van der Waals surface area contributed by atoms with Crippen molar-refractivity contribution >= 4 is 5.97 Å². The van der Waals surface area contributed by atoms with Crippen LogP contribution in [0.1, 0.15) is 31.2 Å². The van der Waals surface area contributed by atoms with Crippen molar-refractivity contribution in [3.63, 3.8) is 0 Å². The molecule has 0 fully saturated rings. The Kier molecular flexibility index (Phi) is 4.54. The molecular formula is C17H20O6. The molecule has 0 bridgehead atoms. The first-order valence-electron chi connectivity index (χ1n) is 7.66. The van der Waals surface area contributed by atoms with Gasteiger partial charge in [0.25, 0.3) is 0 Å². The van der Waals surface area contributed by atoms with Crippen LogP contribution in [0.2, 0.25) is 0 Å². The molecule has 1 aromatic rings. The lowest BCUT2D eigenvalue weighted by Gasteiger charge is -2.35. The standard InChI is InChI=1S/C17H20O6/c1-3-21-15-9-13-16(17(19)23-15)12(8-14(18)22-13)10-4-6-11(20-2)7-5-10/h4-7,12,14-15,18H,3,8-9H2,1-2H3/t12-,14-,15-/m1/s1. The minimum atomic E-state index is -0.950. The van der Waals surface area contributed by atoms with Crippen LogP contribution in [-0.4, -0.2) is 37.4 Å². The van der Waals surface area contributed by atoms with Crippen LogP contribution >= 0.6 is 0 Å². The molecule has 0 spiro atoms. The third-order valence-electron chi connectivity index (χ3n) is 4.05. The number of benzene rings is 1. The Bertz CT molecular complexity index is 606. The van der Waals surface area contributed by atoms with Crippen LogP contribution in [0.15, 0.2) is 35.6 Å². The van der Waals surface area contributed by atoms with Crippen molar-refractivity contribution in [1.82, 2.24) is 0 Å². The second kappa shape index (κ2) is 6.60. The molecule has 23 heavy (non-hydrogen) atoms. The number of carbonyl (C=O) groups is 1. The number of aliphatic hydroxyl groups excluding tert-OH is 1. The second-order valence-corrected chi connectivity index (χ2v) is 5.47. The highest BCUT2D eigenvalue weighted by Gasteiger charge is 2.40. The third-order valence-corrected chi connectivity index (χ3v) is 4.05. The van der Waals surface area contributed by atoms with Crippen LogP contribution in [0.4, 0.5) is 0 Å². The summed E-state index contributed by atoms with van der Waals surface area (Å²) < 4.78 is 21.3. The van der Waals surface area contributed by atoms with Crippen molar-refractivity contribution in [2.24, 2.45) is 0 Å². The maximum Gasteiger partial charge on any atom is 0.340 e. The average molecular weight is 320 g/mol. The Morgan fingerprint density at radius 1 is 1.26 bits per heavy atom. The number of cyclic esters (lactones) is 1. The first-order chi connectivity index (χ1) is 11.1. The number of rotatable bonds is 4. The maximum atomic E-state index is 12.4. The number of carbonyl (C=O) groups excluding carboxylic acids is 1. The highest BCUT2D eigenvalue weighted by molar-refractivity contribution is 5.92. The number of aliphatic hydroxyl groups is 1. The molecule has 0 unspecified atom stereocenters. The van der Waals surface area contributed by atoms with Crippen LogP contribution in [0, 0.1) is 0 Å². The highest BCUT2D eigenvalue weighted by atomic mass is 16.7. The summed E-state index contributed by atoms with van der Waals surface area (Å²) >= 11 is 0. The average Bonchev–Trinajstić information content (AvgIpc) is 2.54. The van der Waals surface area contributed by atoms with Gasteiger partial charge >= 0.3 is 5.97 Å². The zero-order chi connectivity index (χ0) is 16.4. The number of methoxy groups -OCH3 is 1. The molecule has 6 heteroatoms. The van der Waals surface area contributed by atoms with E-state index in [2.05, 4.69) is 0 Å². The normalized spacial score (nSPS) is 27.1. The first kappa shape index (κ1) is 15.8. The molecule has 6 nitrogen and oxygen atoms in total. The van der Waals surface area contributed by atoms with Gasteiger partial charge in [-0.3, -0.25) is 0 Å². The van der Waals surface area contributed by atoms with Crippen molar-refractivity contribution < 1.29 is 28.8 Å². The maximum absolute atomic E-state index is 12.4. The smallest absolute Gasteiger partial charge is 0.340 e. The van der Waals surface area contributed by atoms with Crippen molar-refractivity contribution in [2.45, 2.75) is 38.3 Å². The monoisotopic (exact) mass is 320 g/mol. The lowest BCUT2D eigenvalue weighted by Crippen LogP contribution is -2.37. The molecule has 0 saturated heterocycles. The molecule has 2 heterocycles. The third kappa shape index (κ3) is 3.18. The zero-order valence-electron chi connectivity index (χ0n) is 13.2. The number of hydrogen-bond acceptors (Lipinski definition) is 6. The van der Waals surface area contributed by atoms with Crippen LogP contribution in [0.5, 0.6) is 5.75 Å². The van der Waals surface area contributed by atoms with E-state index in [0.717, 1.165) is 11.3 Å². The molecule has 0 radical (unpaired) electrons. The predicted octanol–water partition coefficient (Wildman–Crippen LogP) is 2.08. The van der Waals surface area contributed by atoms with Gasteiger partial charge in [-0.1, -0.05) is 12.1 Å². The van der Waals surface area contributed by atoms with Gasteiger partial charge in [0.05, 0.1) is 19.1 Å². The minimum absolute atomic E-state index is 0.269. The van der Waals surface area contributed by atoms with Gasteiger partial charge in [0.2, 0.25) is 6.29 Å². The summed E-state index contributed by atoms with van der Waals surface area (Å²) in [5.74, 6) is 0.476. The van der Waals surface area contributed by atoms with Crippen LogP contribution in [-0.2, 0) is 19.0 Å². The summed E-state index contributed by atoms with van der Waals surface area (Å²) in [6.07, 6.45) is -0.986. The topological polar surface area (TPSA) is 74.2 Å². The number of esters is 1. The Labute approximate surface area is 134 Å². The Morgan fingerprint density at radius 2 is 2.00 bits per heavy atom. The van der Waals surface area contributed by atoms with E-state index in [1.165, 1.54) is 0 Å². The fraction of sp³-hybridized carbons (Fsp3) is 0.471. The van der Waals surface area contributed by atoms with E-state index in [1.54, 1.807) is 7.11 Å². The van der Waals surface area contributed by atoms with Crippen LogP contribution in [0.25, 0.3) is 0 Å². The molecule has 0 saturated carbocycles. The van der Waals surface area contributed by atoms with E-state index in [-0.39, 0.29) is 5.92 Å². The van der Waals surface area contributed by atoms with Crippen molar-refractivity contribution in [3.05, 3.63) is 41.2 Å². The Balaban J connectivity index is 1.93. The van der Waals surface area contributed by atoms with E-state index >= 15 is 0 Å². The Morgan fingerprint density at radius 3 is 2.65 bits per heavy atom. The first-order valence-corrected chi connectivity index (χ1v) is 7.66. The summed E-state index contributed by atoms with van der Waals surface area (Å²) in [6, 6.07) is 7.42. The van der Waals surface area contributed by atoms with Crippen LogP contribution in [0.3, 0.4) is 0 Å². The highest BCUT2D eigenvalue weighted by Crippen LogP contribution is 2.41. The van der Waals surface area contributed by atoms with Gasteiger partial charge in [0, 0.05) is 18.9 Å². The molecular weight excluding hydrogens is 300 g/mol. The molecule has 0 aromatic heterocycles. The Hall–Kier alpha value is -2.05. The fourth-order valence-electron chi connectivity index (χ4n) is 3.00. The summed E-state index contributed by atoms with van der Waals surface area (Å²) in [5.41, 5.74) is 1.38. The molecule has 124 valence electrons. The van der Waals surface area contributed by atoms with Gasteiger partial charge in [-0.25, -0.2) is 4.79 Å². The summed E-state index contributed by atoms with van der Waals surface area (Å²) in [4.78, 5) is 12.4. The van der Waals surface area contributed by atoms with Gasteiger partial charge in [0.1, 0.15) is 11.5 Å². The summed E-state index contributed by atoms with van der Waals surface area (Å²) in [5, 5.41) is 10.0. The van der Waals surface area contributed by atoms with E-state index in [4.69, 9.17) is 18.9 Å². The van der Waals surface area contributed by atoms with Crippen LogP contribution < -0.4 is 4.74 Å². The fourth-order valence-corrected chi connectivity index (χ4v) is 3.00. The molecule has 2 aliphatic rings. The summed E-state index contributed by atoms with van der Waals surface area (Å²) in [6.45, 7) is 2.26. The van der Waals surface area contributed by atoms with Gasteiger partial charge in [0.15, 0.2) is 6.29 Å². The SMILES string of the molecule is CCO[C@H]1CC2=C(C(=O)O1)[C@@H](c1ccc(OC)cc1)C[C@H](O)O2. The predicted molar refractivity (Wildman–Crippen MR) is 80.6 cm³/mol. The van der Waals surface area contributed by atoms with E-state index in [9.17, 15) is 9.90 Å². The lowest BCUT2D eigenvalue weighted by molar-refractivity contribution is -0.187. The van der Waals surface area contributed by atoms with Gasteiger partial charge in [-0.05, 0) is 24.6 Å². The van der Waals surface area contributed by atoms with Crippen molar-refractivity contribution in [2.75, 3.05) is 13.7 Å². The molecule has 3 rings (SSSR count). The zero-order valence-corrected chi connectivity index (χ0v) is 13.2. The van der Waals surface area contributed by atoms with Gasteiger partial charge in [-0.15, -0.1) is 0 Å². The van der Waals surface area contributed by atoms with E-state index in [1.807, 2.05) is 31.2 Å². The van der Waals surface area contributed by atoms with Crippen molar-refractivity contribution in [3.8, 4) is 5.75 Å². The molecule has 2 aliphatic heterocycles. The largest absolute Gasteiger partial charge is 0.497 e. The van der Waals surface area contributed by atoms with Crippen molar-refractivity contribution in [1.29, 1.82) is 0 Å². The molecule has 0 aliphatic carbocycles. The molecule has 1 aromatic carbocycles. The molecule has 3 atom stereocenters. The van der Waals surface area contributed by atoms with Gasteiger partial charge in [-0.2, -0.15) is 0 Å². The number of hydrogen-bond donors (Lipinski definition) is 1. The lowest BCUT2D eigenvalue weighted by atomic mass is 9.84.